The molecule has 1 aromatic carbocycles. The highest BCUT2D eigenvalue weighted by Crippen LogP contribution is 2.24. The van der Waals surface area contributed by atoms with E-state index in [1.807, 2.05) is 12.1 Å². The van der Waals surface area contributed by atoms with Crippen LogP contribution in [0.5, 0.6) is 11.6 Å². The van der Waals surface area contributed by atoms with Crippen molar-refractivity contribution < 1.29 is 14.3 Å². The maximum Gasteiger partial charge on any atom is 0.256 e. The Hall–Kier alpha value is -1.38. The van der Waals surface area contributed by atoms with Crippen molar-refractivity contribution >= 4 is 46.7 Å². The molecular formula is C17H22BrCl2N3O3. The number of hydrogen-bond acceptors (Lipinski definition) is 5. The summed E-state index contributed by atoms with van der Waals surface area (Å²) in [6.45, 7) is 2.56. The molecule has 0 radical (unpaired) electrons. The number of nitrogens with zero attached hydrogens (tertiary/aromatic N) is 1. The Labute approximate surface area is 174 Å². The van der Waals surface area contributed by atoms with E-state index in [0.29, 0.717) is 31.0 Å². The van der Waals surface area contributed by atoms with Gasteiger partial charge in [0.25, 0.3) is 5.91 Å². The summed E-state index contributed by atoms with van der Waals surface area (Å²) in [5.74, 6) is 0.681. The van der Waals surface area contributed by atoms with Crippen molar-refractivity contribution in [1.29, 1.82) is 0 Å². The second-order valence-electron chi connectivity index (χ2n) is 4.91. The summed E-state index contributed by atoms with van der Waals surface area (Å²) in [5, 5.41) is 6.00. The fourth-order valence-electron chi connectivity index (χ4n) is 1.92. The number of methoxy groups -OCH3 is 1. The normalized spacial score (nSPS) is 9.62. The number of amides is 1. The fraction of sp³-hybridized carbons (Fsp3) is 0.294. The largest absolute Gasteiger partial charge is 0.438 e. The van der Waals surface area contributed by atoms with Crippen LogP contribution in [0.15, 0.2) is 47.1 Å². The lowest BCUT2D eigenvalue weighted by Crippen LogP contribution is -2.33. The lowest BCUT2D eigenvalue weighted by molar-refractivity contribution is 0.0950. The van der Waals surface area contributed by atoms with E-state index < -0.39 is 0 Å². The summed E-state index contributed by atoms with van der Waals surface area (Å²) in [6, 6.07) is 10.7. The van der Waals surface area contributed by atoms with E-state index in [1.165, 1.54) is 0 Å². The van der Waals surface area contributed by atoms with Crippen LogP contribution >= 0.6 is 40.7 Å². The fourth-order valence-corrected chi connectivity index (χ4v) is 2.18. The lowest BCUT2D eigenvalue weighted by atomic mass is 10.2. The number of carbonyl (C=O) groups is 1. The highest BCUT2D eigenvalue weighted by atomic mass is 79.9. The third-order valence-electron chi connectivity index (χ3n) is 3.11. The zero-order valence-electron chi connectivity index (χ0n) is 14.2. The van der Waals surface area contributed by atoms with Gasteiger partial charge in [0, 0.05) is 37.4 Å². The summed E-state index contributed by atoms with van der Waals surface area (Å²) in [6.07, 6.45) is 1.59. The summed E-state index contributed by atoms with van der Waals surface area (Å²) < 4.78 is 11.6. The predicted octanol–water partition coefficient (Wildman–Crippen LogP) is 3.45. The van der Waals surface area contributed by atoms with Gasteiger partial charge in [0.05, 0.1) is 6.61 Å². The van der Waals surface area contributed by atoms with E-state index in [2.05, 4.69) is 31.5 Å². The van der Waals surface area contributed by atoms with Gasteiger partial charge in [-0.25, -0.2) is 4.98 Å². The van der Waals surface area contributed by atoms with E-state index in [-0.39, 0.29) is 36.6 Å². The maximum atomic E-state index is 12.3. The number of hydrogen-bond donors (Lipinski definition) is 2. The Bertz CT molecular complexity index is 660. The van der Waals surface area contributed by atoms with Gasteiger partial charge < -0.3 is 20.1 Å². The minimum absolute atomic E-state index is 0. The van der Waals surface area contributed by atoms with Crippen LogP contribution in [0.2, 0.25) is 0 Å². The smallest absolute Gasteiger partial charge is 0.256 e. The molecule has 0 spiro atoms. The first-order valence-electron chi connectivity index (χ1n) is 7.57. The van der Waals surface area contributed by atoms with Crippen molar-refractivity contribution in [1.82, 2.24) is 15.6 Å². The standard InChI is InChI=1S/C17H20BrN3O3.2ClH/c1-23-12-11-19-9-10-20-16(22)15-3-2-8-21-17(15)24-14-6-4-13(18)5-7-14;;/h2-8,19H,9-12H2,1H3,(H,20,22);2*1H. The Morgan fingerprint density at radius 3 is 2.54 bits per heavy atom. The Morgan fingerprint density at radius 1 is 1.12 bits per heavy atom. The van der Waals surface area contributed by atoms with Gasteiger partial charge in [-0.15, -0.1) is 24.8 Å². The van der Waals surface area contributed by atoms with E-state index >= 15 is 0 Å². The molecule has 1 amide bonds. The number of nitrogens with one attached hydrogen (secondary N) is 2. The van der Waals surface area contributed by atoms with Crippen molar-refractivity contribution in [3.8, 4) is 11.6 Å². The number of carbonyl (C=O) groups excluding carboxylic acids is 1. The number of pyridine rings is 1. The second-order valence-corrected chi connectivity index (χ2v) is 5.83. The zero-order chi connectivity index (χ0) is 17.2. The maximum absolute atomic E-state index is 12.3. The van der Waals surface area contributed by atoms with Gasteiger partial charge in [0.15, 0.2) is 0 Å². The van der Waals surface area contributed by atoms with Gasteiger partial charge in [-0.3, -0.25) is 4.79 Å². The number of aromatic nitrogens is 1. The van der Waals surface area contributed by atoms with Crippen LogP contribution < -0.4 is 15.4 Å². The van der Waals surface area contributed by atoms with Crippen molar-refractivity contribution in [3.05, 3.63) is 52.6 Å². The highest BCUT2D eigenvalue weighted by molar-refractivity contribution is 9.10. The molecule has 0 atom stereocenters. The Morgan fingerprint density at radius 2 is 1.85 bits per heavy atom. The van der Waals surface area contributed by atoms with Crippen LogP contribution in [-0.2, 0) is 4.74 Å². The molecule has 1 aromatic heterocycles. The molecule has 0 unspecified atom stereocenters. The minimum atomic E-state index is -0.219. The molecule has 2 N–H and O–H groups in total. The van der Waals surface area contributed by atoms with Crippen molar-refractivity contribution in [2.24, 2.45) is 0 Å². The van der Waals surface area contributed by atoms with Gasteiger partial charge in [-0.05, 0) is 36.4 Å². The number of benzene rings is 1. The first-order valence-corrected chi connectivity index (χ1v) is 8.36. The molecule has 6 nitrogen and oxygen atoms in total. The molecule has 0 saturated carbocycles. The molecule has 0 aliphatic rings. The SMILES string of the molecule is COCCNCCNC(=O)c1cccnc1Oc1ccc(Br)cc1.Cl.Cl. The van der Waals surface area contributed by atoms with E-state index in [9.17, 15) is 4.79 Å². The van der Waals surface area contributed by atoms with E-state index in [1.54, 1.807) is 37.6 Å². The zero-order valence-corrected chi connectivity index (χ0v) is 17.5. The molecular weight excluding hydrogens is 445 g/mol. The molecule has 26 heavy (non-hydrogen) atoms. The average molecular weight is 467 g/mol. The first-order chi connectivity index (χ1) is 11.7. The van der Waals surface area contributed by atoms with Gasteiger partial charge >= 0.3 is 0 Å². The topological polar surface area (TPSA) is 72.5 Å². The van der Waals surface area contributed by atoms with Gasteiger partial charge in [0.2, 0.25) is 5.88 Å². The average Bonchev–Trinajstić information content (AvgIpc) is 2.60. The van der Waals surface area contributed by atoms with Gasteiger partial charge in [-0.1, -0.05) is 15.9 Å². The molecule has 0 bridgehead atoms. The van der Waals surface area contributed by atoms with Crippen LogP contribution in [0.1, 0.15) is 10.4 Å². The van der Waals surface area contributed by atoms with Gasteiger partial charge in [-0.2, -0.15) is 0 Å². The molecule has 0 saturated heterocycles. The van der Waals surface area contributed by atoms with Crippen LogP contribution in [0, 0.1) is 0 Å². The van der Waals surface area contributed by atoms with Crippen LogP contribution in [0.3, 0.4) is 0 Å². The van der Waals surface area contributed by atoms with Crippen molar-refractivity contribution in [3.63, 3.8) is 0 Å². The molecule has 1 heterocycles. The first kappa shape index (κ1) is 24.6. The minimum Gasteiger partial charge on any atom is -0.438 e. The second kappa shape index (κ2) is 13.8. The molecule has 144 valence electrons. The summed E-state index contributed by atoms with van der Waals surface area (Å²) in [4.78, 5) is 16.5. The summed E-state index contributed by atoms with van der Waals surface area (Å²) in [7, 11) is 1.65. The molecule has 2 rings (SSSR count). The van der Waals surface area contributed by atoms with Gasteiger partial charge in [0.1, 0.15) is 11.3 Å². The monoisotopic (exact) mass is 465 g/mol. The van der Waals surface area contributed by atoms with Crippen molar-refractivity contribution in [2.75, 3.05) is 33.4 Å². The molecule has 0 aliphatic carbocycles. The molecule has 0 aliphatic heterocycles. The number of rotatable bonds is 9. The quantitative estimate of drug-likeness (QED) is 0.553. The van der Waals surface area contributed by atoms with E-state index in [4.69, 9.17) is 9.47 Å². The molecule has 9 heteroatoms. The number of ether oxygens (including phenoxy) is 2. The van der Waals surface area contributed by atoms with Crippen molar-refractivity contribution in [2.45, 2.75) is 0 Å². The Balaban J connectivity index is 0.00000312. The van der Waals surface area contributed by atoms with Crippen LogP contribution in [-0.4, -0.2) is 44.2 Å². The molecule has 0 fully saturated rings. The summed E-state index contributed by atoms with van der Waals surface area (Å²) >= 11 is 3.37. The predicted molar refractivity (Wildman–Crippen MR) is 110 cm³/mol. The third kappa shape index (κ3) is 8.33. The van der Waals surface area contributed by atoms with Crippen LogP contribution in [0.25, 0.3) is 0 Å². The van der Waals surface area contributed by atoms with Crippen LogP contribution in [0.4, 0.5) is 0 Å². The third-order valence-corrected chi connectivity index (χ3v) is 3.64. The Kier molecular flexibility index (Phi) is 13.0. The summed E-state index contributed by atoms with van der Waals surface area (Å²) in [5.41, 5.74) is 0.400. The number of halogens is 3. The van der Waals surface area contributed by atoms with E-state index in [0.717, 1.165) is 11.0 Å². The lowest BCUT2D eigenvalue weighted by Gasteiger charge is -2.10. The molecule has 2 aromatic rings. The highest BCUT2D eigenvalue weighted by Gasteiger charge is 2.13.